The van der Waals surface area contributed by atoms with Crippen molar-refractivity contribution >= 4 is 5.82 Å². The Morgan fingerprint density at radius 1 is 1.10 bits per heavy atom. The van der Waals surface area contributed by atoms with E-state index in [2.05, 4.69) is 71.9 Å². The quantitative estimate of drug-likeness (QED) is 0.778. The van der Waals surface area contributed by atoms with E-state index in [1.54, 1.807) is 0 Å². The van der Waals surface area contributed by atoms with E-state index in [0.29, 0.717) is 24.3 Å². The maximum atomic E-state index is 11.2. The first-order valence-electron chi connectivity index (χ1n) is 11.8. The van der Waals surface area contributed by atoms with Gasteiger partial charge in [0.2, 0.25) is 0 Å². The summed E-state index contributed by atoms with van der Waals surface area (Å²) in [5, 5.41) is 11.2. The van der Waals surface area contributed by atoms with Crippen LogP contribution in [0.2, 0.25) is 0 Å². The number of aromatic nitrogens is 1. The van der Waals surface area contributed by atoms with E-state index in [0.717, 1.165) is 56.8 Å². The van der Waals surface area contributed by atoms with Crippen LogP contribution in [0, 0.1) is 29.6 Å². The number of hydrogen-bond acceptors (Lipinski definition) is 4. The van der Waals surface area contributed by atoms with Gasteiger partial charge in [-0.05, 0) is 61.4 Å². The smallest absolute Gasteiger partial charge is 0.141 e. The second-order valence-electron chi connectivity index (χ2n) is 9.95. The molecular weight excluding hydrogens is 382 g/mol. The summed E-state index contributed by atoms with van der Waals surface area (Å²) in [4.78, 5) is 9.55. The van der Waals surface area contributed by atoms with Crippen molar-refractivity contribution in [1.29, 1.82) is 0 Å². The summed E-state index contributed by atoms with van der Waals surface area (Å²) < 4.78 is 0. The zero-order valence-electron chi connectivity index (χ0n) is 18.7. The van der Waals surface area contributed by atoms with Gasteiger partial charge in [-0.2, -0.15) is 0 Å². The third-order valence-corrected chi connectivity index (χ3v) is 7.67. The van der Waals surface area contributed by atoms with Crippen LogP contribution in [0.5, 0.6) is 0 Å². The van der Waals surface area contributed by atoms with Crippen molar-refractivity contribution in [3.8, 4) is 11.8 Å². The van der Waals surface area contributed by atoms with Crippen LogP contribution in [0.3, 0.4) is 0 Å². The van der Waals surface area contributed by atoms with Crippen LogP contribution >= 0.6 is 0 Å². The number of fused-ring (bicyclic) bond motifs is 3. The number of nitrogens with zero attached hydrogens (tertiary/aromatic N) is 3. The van der Waals surface area contributed by atoms with Crippen LogP contribution in [-0.2, 0) is 6.42 Å². The van der Waals surface area contributed by atoms with E-state index < -0.39 is 5.60 Å². The number of rotatable bonds is 3. The molecule has 0 amide bonds. The van der Waals surface area contributed by atoms with E-state index >= 15 is 0 Å². The van der Waals surface area contributed by atoms with Crippen LogP contribution in [0.1, 0.15) is 43.4 Å². The van der Waals surface area contributed by atoms with Crippen molar-refractivity contribution in [2.75, 3.05) is 37.6 Å². The van der Waals surface area contributed by atoms with Crippen molar-refractivity contribution in [3.63, 3.8) is 0 Å². The van der Waals surface area contributed by atoms with Crippen LogP contribution < -0.4 is 4.90 Å². The number of piperidine rings is 3. The van der Waals surface area contributed by atoms with Gasteiger partial charge in [-0.3, -0.25) is 4.90 Å². The molecule has 1 N–H and O–H groups in total. The molecule has 4 aliphatic heterocycles. The molecule has 2 aromatic rings. The lowest BCUT2D eigenvalue weighted by atomic mass is 9.75. The highest BCUT2D eigenvalue weighted by molar-refractivity contribution is 5.51. The average molecular weight is 416 g/mol. The molecule has 5 heterocycles. The highest BCUT2D eigenvalue weighted by Gasteiger charge is 2.44. The lowest BCUT2D eigenvalue weighted by Gasteiger charge is -2.47. The zero-order chi connectivity index (χ0) is 21.4. The molecule has 31 heavy (non-hydrogen) atoms. The summed E-state index contributed by atoms with van der Waals surface area (Å²) in [5.74, 6) is 9.36. The first-order valence-corrected chi connectivity index (χ1v) is 11.8. The minimum atomic E-state index is -0.890. The predicted molar refractivity (Wildman–Crippen MR) is 125 cm³/mol. The third kappa shape index (κ3) is 4.22. The molecule has 0 radical (unpaired) electrons. The lowest BCUT2D eigenvalue weighted by molar-refractivity contribution is -0.0713. The van der Waals surface area contributed by atoms with Crippen molar-refractivity contribution in [2.24, 2.45) is 17.8 Å². The van der Waals surface area contributed by atoms with E-state index in [4.69, 9.17) is 4.98 Å². The van der Waals surface area contributed by atoms with Gasteiger partial charge in [0, 0.05) is 37.3 Å². The molecule has 0 spiro atoms. The first kappa shape index (κ1) is 20.5. The summed E-state index contributed by atoms with van der Waals surface area (Å²) in [6, 6.07) is 12.8. The van der Waals surface area contributed by atoms with Crippen molar-refractivity contribution < 1.29 is 5.11 Å². The van der Waals surface area contributed by atoms with Gasteiger partial charge in [-0.1, -0.05) is 56.0 Å². The van der Waals surface area contributed by atoms with Gasteiger partial charge >= 0.3 is 0 Å². The number of benzene rings is 1. The molecule has 4 fully saturated rings. The maximum Gasteiger partial charge on any atom is 0.141 e. The van der Waals surface area contributed by atoms with Gasteiger partial charge in [-0.15, -0.1) is 0 Å². The number of anilines is 1. The molecule has 4 heteroatoms. The van der Waals surface area contributed by atoms with Gasteiger partial charge < -0.3 is 10.0 Å². The topological polar surface area (TPSA) is 39.6 Å². The highest BCUT2D eigenvalue weighted by atomic mass is 16.3. The van der Waals surface area contributed by atoms with E-state index in [1.165, 1.54) is 11.1 Å². The Bertz CT molecular complexity index is 977. The van der Waals surface area contributed by atoms with Crippen LogP contribution in [0.4, 0.5) is 5.82 Å². The molecule has 3 atom stereocenters. The Kier molecular flexibility index (Phi) is 5.50. The first-order chi connectivity index (χ1) is 15.0. The molecule has 162 valence electrons. The van der Waals surface area contributed by atoms with Gasteiger partial charge in [0.1, 0.15) is 11.4 Å². The van der Waals surface area contributed by atoms with E-state index in [9.17, 15) is 5.11 Å². The summed E-state index contributed by atoms with van der Waals surface area (Å²) >= 11 is 0. The summed E-state index contributed by atoms with van der Waals surface area (Å²) in [5.41, 5.74) is 2.52. The van der Waals surface area contributed by atoms with Crippen molar-refractivity contribution in [1.82, 2.24) is 9.88 Å². The fourth-order valence-electron chi connectivity index (χ4n) is 5.40. The molecule has 4 aliphatic rings. The standard InChI is InChI=1S/C27H33N3O/c1-20-17-30(18-21(20)2)26-15-24(14-22-6-4-3-5-7-22)23(16-28-26)8-11-27(31)19-29-12-9-25(27)10-13-29/h3-7,15-16,20-21,25,31H,9-10,12-14,17-19H2,1-2H3/t20-,21-,27-/m1/s1. The Labute approximate surface area is 186 Å². The van der Waals surface area contributed by atoms with Crippen LogP contribution in [0.15, 0.2) is 42.6 Å². The minimum Gasteiger partial charge on any atom is -0.376 e. The average Bonchev–Trinajstić information content (AvgIpc) is 3.12. The van der Waals surface area contributed by atoms with Gasteiger partial charge in [0.15, 0.2) is 0 Å². The summed E-state index contributed by atoms with van der Waals surface area (Å²) in [6.07, 6.45) is 4.85. The molecule has 4 nitrogen and oxygen atoms in total. The fraction of sp³-hybridized carbons (Fsp3) is 0.519. The highest BCUT2D eigenvalue weighted by Crippen LogP contribution is 2.35. The molecule has 6 rings (SSSR count). The van der Waals surface area contributed by atoms with Crippen LogP contribution in [-0.4, -0.2) is 53.3 Å². The monoisotopic (exact) mass is 415 g/mol. The zero-order valence-corrected chi connectivity index (χ0v) is 18.7. The second-order valence-corrected chi connectivity index (χ2v) is 9.95. The largest absolute Gasteiger partial charge is 0.376 e. The molecule has 1 aromatic heterocycles. The van der Waals surface area contributed by atoms with Crippen molar-refractivity contribution in [2.45, 2.75) is 38.7 Å². The lowest BCUT2D eigenvalue weighted by Crippen LogP contribution is -2.58. The molecule has 0 aliphatic carbocycles. The van der Waals surface area contributed by atoms with E-state index in [-0.39, 0.29) is 0 Å². The molecule has 1 aromatic carbocycles. The summed E-state index contributed by atoms with van der Waals surface area (Å²) in [6.45, 7) is 9.62. The van der Waals surface area contributed by atoms with Gasteiger partial charge in [-0.25, -0.2) is 4.98 Å². The maximum absolute atomic E-state index is 11.2. The molecule has 0 unspecified atom stereocenters. The number of pyridine rings is 1. The molecule has 0 saturated carbocycles. The minimum absolute atomic E-state index is 0.294. The molecule has 2 bridgehead atoms. The number of hydrogen-bond donors (Lipinski definition) is 1. The van der Waals surface area contributed by atoms with E-state index in [1.807, 2.05) is 6.20 Å². The normalized spacial score (nSPS) is 32.0. The Morgan fingerprint density at radius 2 is 1.81 bits per heavy atom. The Balaban J connectivity index is 1.46. The fourth-order valence-corrected chi connectivity index (χ4v) is 5.40. The Morgan fingerprint density at radius 3 is 2.45 bits per heavy atom. The van der Waals surface area contributed by atoms with Gasteiger partial charge in [0.25, 0.3) is 0 Å². The summed E-state index contributed by atoms with van der Waals surface area (Å²) in [7, 11) is 0. The van der Waals surface area contributed by atoms with Crippen molar-refractivity contribution in [3.05, 3.63) is 59.3 Å². The Hall–Kier alpha value is -2.35. The molecule has 4 saturated heterocycles. The molecular formula is C27H33N3O. The van der Waals surface area contributed by atoms with Crippen LogP contribution in [0.25, 0.3) is 0 Å². The number of aliphatic hydroxyl groups is 1. The SMILES string of the molecule is C[C@@H]1CN(c2cc(Cc3ccccc3)c(C#C[C@@]3(O)CN4CCC3CC4)cn2)C[C@H]1C. The second kappa shape index (κ2) is 8.30. The predicted octanol–water partition coefficient (Wildman–Crippen LogP) is 3.57. The van der Waals surface area contributed by atoms with Gasteiger partial charge in [0.05, 0.1) is 0 Å². The third-order valence-electron chi connectivity index (χ3n) is 7.67.